The normalized spacial score (nSPS) is 31.0. The zero-order valence-corrected chi connectivity index (χ0v) is 29.5. The van der Waals surface area contributed by atoms with Gasteiger partial charge in [-0.05, 0) is 6.42 Å². The van der Waals surface area contributed by atoms with E-state index in [9.17, 15) is 63.6 Å². The molecule has 24 heteroatoms. The lowest BCUT2D eigenvalue weighted by atomic mass is 9.96. The van der Waals surface area contributed by atoms with E-state index in [1.807, 2.05) is 11.9 Å². The van der Waals surface area contributed by atoms with Gasteiger partial charge in [0.05, 0.1) is 25.7 Å². The highest BCUT2D eigenvalue weighted by Crippen LogP contribution is 2.61. The number of carbonyl (C=O) groups is 2. The van der Waals surface area contributed by atoms with E-state index in [-0.39, 0.29) is 6.42 Å². The molecule has 3 rings (SSSR count). The highest BCUT2D eigenvalue weighted by Gasteiger charge is 2.52. The minimum Gasteiger partial charge on any atom is -0.457 e. The van der Waals surface area contributed by atoms with Crippen molar-refractivity contribution in [2.45, 2.75) is 120 Å². The van der Waals surface area contributed by atoms with Gasteiger partial charge in [-0.25, -0.2) is 13.9 Å². The fourth-order valence-electron chi connectivity index (χ4n) is 5.36. The number of aliphatic hydroxyl groups excluding tert-OH is 5. The second-order valence-electron chi connectivity index (χ2n) is 11.9. The summed E-state index contributed by atoms with van der Waals surface area (Å²) in [6.45, 7) is 0.988. The first kappa shape index (κ1) is 43.0. The molecule has 1 aromatic heterocycles. The van der Waals surface area contributed by atoms with Gasteiger partial charge in [-0.1, -0.05) is 39.0 Å². The number of rotatable bonds is 19. The molecule has 1 amide bonds. The molecule has 2 aliphatic rings. The molecule has 12 atom stereocenters. The number of aliphatic hydroxyl groups is 5. The van der Waals surface area contributed by atoms with Crippen molar-refractivity contribution >= 4 is 27.5 Å². The zero-order chi connectivity index (χ0) is 38.1. The van der Waals surface area contributed by atoms with E-state index in [2.05, 4.69) is 14.2 Å². The first-order valence-corrected chi connectivity index (χ1v) is 19.0. The molecule has 2 saturated heterocycles. The van der Waals surface area contributed by atoms with Crippen LogP contribution in [-0.4, -0.2) is 125 Å². The molecule has 292 valence electrons. The van der Waals surface area contributed by atoms with Gasteiger partial charge in [0, 0.05) is 19.2 Å². The summed E-state index contributed by atoms with van der Waals surface area (Å²) >= 11 is 0. The molecule has 0 saturated carbocycles. The fraction of sp³-hybridized carbons (Fsp3) is 0.778. The number of hydrogen-bond acceptors (Lipinski definition) is 17. The number of aromatic nitrogens is 2. The average Bonchev–Trinajstić information content (AvgIpc) is 3.30. The van der Waals surface area contributed by atoms with Crippen LogP contribution in [0.4, 0.5) is 0 Å². The Morgan fingerprint density at radius 1 is 1.02 bits per heavy atom. The van der Waals surface area contributed by atoms with E-state index < -0.39 is 120 Å². The van der Waals surface area contributed by atoms with Crippen LogP contribution in [-0.2, 0) is 46.3 Å². The lowest BCUT2D eigenvalue weighted by molar-refractivity contribution is -0.253. The molecule has 2 unspecified atom stereocenters. The van der Waals surface area contributed by atoms with E-state index in [1.54, 1.807) is 0 Å². The minimum absolute atomic E-state index is 0.270. The number of phosphoric acid groups is 2. The van der Waals surface area contributed by atoms with Crippen molar-refractivity contribution in [3.8, 4) is 0 Å². The summed E-state index contributed by atoms with van der Waals surface area (Å²) in [5.74, 6) is -1.89. The van der Waals surface area contributed by atoms with E-state index in [0.717, 1.165) is 44.9 Å². The summed E-state index contributed by atoms with van der Waals surface area (Å²) in [6, 6.07) is -0.859. The van der Waals surface area contributed by atoms with Crippen LogP contribution in [0.3, 0.4) is 0 Å². The third-order valence-electron chi connectivity index (χ3n) is 7.84. The van der Waals surface area contributed by atoms with Gasteiger partial charge in [0.25, 0.3) is 5.56 Å². The second-order valence-corrected chi connectivity index (χ2v) is 14.9. The zero-order valence-electron chi connectivity index (χ0n) is 27.7. The third-order valence-corrected chi connectivity index (χ3v) is 10.4. The Morgan fingerprint density at radius 3 is 2.33 bits per heavy atom. The summed E-state index contributed by atoms with van der Waals surface area (Å²) in [7, 11) is -11.4. The maximum atomic E-state index is 12.9. The van der Waals surface area contributed by atoms with Gasteiger partial charge >= 0.3 is 27.3 Å². The summed E-state index contributed by atoms with van der Waals surface area (Å²) < 4.78 is 56.0. The predicted molar refractivity (Wildman–Crippen MR) is 168 cm³/mol. The molecular weight excluding hydrogens is 732 g/mol. The number of unbranched alkanes of at least 4 members (excludes halogenated alkanes) is 4. The summed E-state index contributed by atoms with van der Waals surface area (Å²) in [5, 5.41) is 53.7. The summed E-state index contributed by atoms with van der Waals surface area (Å²) in [6.07, 6.45) is -10.3. The lowest BCUT2D eigenvalue weighted by Crippen LogP contribution is -2.65. The van der Waals surface area contributed by atoms with E-state index >= 15 is 0 Å². The third kappa shape index (κ3) is 12.6. The highest BCUT2D eigenvalue weighted by atomic mass is 31.3. The Kier molecular flexibility index (Phi) is 16.1. The number of esters is 1. The summed E-state index contributed by atoms with van der Waals surface area (Å²) in [4.78, 5) is 70.6. The SMILES string of the molecule is CCCCCCC[C@@H](O)CC(=O)O[C@H]1[C@H](O)[C@@H](CO)O[C@H](OP(=O)(O)OP(=O)(O)OC[C@H]2O[C@@H](n3ccc(=O)[nH]c3=O)[C@H](O)[C@@H]2O)[C@@H]1NC(C)=O. The van der Waals surface area contributed by atoms with Gasteiger partial charge in [0.1, 0.15) is 36.6 Å². The maximum Gasteiger partial charge on any atom is 0.483 e. The minimum atomic E-state index is -5.77. The molecule has 3 heterocycles. The van der Waals surface area contributed by atoms with Crippen LogP contribution in [0.2, 0.25) is 0 Å². The number of nitrogens with one attached hydrogen (secondary N) is 2. The van der Waals surface area contributed by atoms with Gasteiger partial charge in [-0.3, -0.25) is 33.0 Å². The molecule has 0 radical (unpaired) electrons. The molecule has 22 nitrogen and oxygen atoms in total. The molecule has 0 aromatic carbocycles. The fourth-order valence-corrected chi connectivity index (χ4v) is 7.52. The summed E-state index contributed by atoms with van der Waals surface area (Å²) in [5.41, 5.74) is -1.78. The number of H-pyrrole nitrogens is 1. The Bertz CT molecular complexity index is 1520. The molecule has 2 fully saturated rings. The molecule has 1 aromatic rings. The first-order valence-electron chi connectivity index (χ1n) is 16.0. The number of hydrogen-bond donors (Lipinski definition) is 9. The van der Waals surface area contributed by atoms with Crippen LogP contribution in [0.25, 0.3) is 0 Å². The van der Waals surface area contributed by atoms with Gasteiger partial charge in [-0.2, -0.15) is 4.31 Å². The van der Waals surface area contributed by atoms with Crippen LogP contribution >= 0.6 is 15.6 Å². The number of amides is 1. The average molecular weight is 778 g/mol. The first-order chi connectivity index (χ1) is 23.9. The molecule has 9 N–H and O–H groups in total. The Morgan fingerprint density at radius 2 is 1.71 bits per heavy atom. The molecule has 0 spiro atoms. The van der Waals surface area contributed by atoms with Crippen LogP contribution in [0.1, 0.15) is 65.0 Å². The quantitative estimate of drug-likeness (QED) is 0.0417. The van der Waals surface area contributed by atoms with Crippen molar-refractivity contribution in [1.82, 2.24) is 14.9 Å². The van der Waals surface area contributed by atoms with E-state index in [1.165, 1.54) is 0 Å². The number of nitrogens with zero attached hydrogens (tertiary/aromatic N) is 1. The Labute approximate surface area is 290 Å². The second kappa shape index (κ2) is 19.1. The number of aromatic amines is 1. The predicted octanol–water partition coefficient (Wildman–Crippen LogP) is -1.99. The van der Waals surface area contributed by atoms with Crippen molar-refractivity contribution < 1.29 is 81.6 Å². The van der Waals surface area contributed by atoms with Gasteiger partial charge in [-0.15, -0.1) is 0 Å². The van der Waals surface area contributed by atoms with Crippen molar-refractivity contribution in [2.24, 2.45) is 0 Å². The monoisotopic (exact) mass is 777 g/mol. The van der Waals surface area contributed by atoms with Gasteiger partial charge in [0.15, 0.2) is 18.6 Å². The van der Waals surface area contributed by atoms with Crippen LogP contribution < -0.4 is 16.6 Å². The molecule has 51 heavy (non-hydrogen) atoms. The maximum absolute atomic E-state index is 12.9. The van der Waals surface area contributed by atoms with Gasteiger partial charge in [0.2, 0.25) is 5.91 Å². The van der Waals surface area contributed by atoms with E-state index in [0.29, 0.717) is 11.0 Å². The number of carbonyl (C=O) groups excluding carboxylic acids is 2. The van der Waals surface area contributed by atoms with Crippen molar-refractivity contribution in [3.63, 3.8) is 0 Å². The van der Waals surface area contributed by atoms with Crippen molar-refractivity contribution in [1.29, 1.82) is 0 Å². The van der Waals surface area contributed by atoms with Crippen LogP contribution in [0.15, 0.2) is 21.9 Å². The topological polar surface area (TPSA) is 332 Å². The largest absolute Gasteiger partial charge is 0.483 e. The molecule has 2 aliphatic heterocycles. The number of phosphoric ester groups is 2. The molecule has 0 aliphatic carbocycles. The van der Waals surface area contributed by atoms with Crippen LogP contribution in [0.5, 0.6) is 0 Å². The molecule has 0 bridgehead atoms. The Balaban J connectivity index is 1.67. The Hall–Kier alpha value is -2.40. The van der Waals surface area contributed by atoms with Crippen molar-refractivity contribution in [2.75, 3.05) is 13.2 Å². The number of ether oxygens (including phenoxy) is 3. The lowest BCUT2D eigenvalue weighted by Gasteiger charge is -2.43. The van der Waals surface area contributed by atoms with Gasteiger partial charge < -0.3 is 54.8 Å². The standard InChI is InChI=1S/C27H45N3O19P2/c1-3-4-5-6-7-8-15(33)11-19(35)47-24-20(28-14(2)32)26(46-16(12-31)22(24)37)48-51(42,43)49-50(40,41)44-13-17-21(36)23(38)25(45-17)30-10-9-18(34)29-27(30)39/h9-10,15-17,20-26,31,33,36-38H,3-8,11-13H2,1-2H3,(H,28,32)(H,40,41)(H,42,43)(H,29,34,39)/t15-,16-,17-,20-,21-,22-,23-,24-,25-,26-/m1/s1. The van der Waals surface area contributed by atoms with Crippen LogP contribution in [0, 0.1) is 0 Å². The van der Waals surface area contributed by atoms with E-state index in [4.69, 9.17) is 18.7 Å². The molecular formula is C27H45N3O19P2. The smallest absolute Gasteiger partial charge is 0.457 e. The van der Waals surface area contributed by atoms with Crippen molar-refractivity contribution in [3.05, 3.63) is 33.1 Å². The highest BCUT2D eigenvalue weighted by molar-refractivity contribution is 7.61.